The Bertz CT molecular complexity index is 904. The third-order valence-corrected chi connectivity index (χ3v) is 6.67. The molecule has 0 N–H and O–H groups in total. The van der Waals surface area contributed by atoms with Gasteiger partial charge in [-0.1, -0.05) is 27.7 Å². The van der Waals surface area contributed by atoms with Gasteiger partial charge in [0.2, 0.25) is 0 Å². The lowest BCUT2D eigenvalue weighted by atomic mass is 10.0. The van der Waals surface area contributed by atoms with Crippen molar-refractivity contribution < 1.29 is 47.7 Å². The van der Waals surface area contributed by atoms with Crippen LogP contribution in [0.2, 0.25) is 0 Å². The third-order valence-electron chi connectivity index (χ3n) is 6.67. The normalized spacial score (nSPS) is 16.3. The fraction of sp³-hybridized carbons (Fsp3) is 0.667. The molecule has 234 valence electrons. The Balaban J connectivity index is 1.42. The number of nitrogens with zero attached hydrogens (tertiary/aromatic N) is 2. The van der Waals surface area contributed by atoms with Gasteiger partial charge < -0.3 is 18.9 Å². The van der Waals surface area contributed by atoms with Crippen LogP contribution in [0.4, 0.5) is 0 Å². The Morgan fingerprint density at radius 1 is 0.524 bits per heavy atom. The Hall–Kier alpha value is -3.38. The van der Waals surface area contributed by atoms with E-state index in [2.05, 4.69) is 0 Å². The van der Waals surface area contributed by atoms with Gasteiger partial charge in [0.25, 0.3) is 23.6 Å². The van der Waals surface area contributed by atoms with E-state index in [1.807, 2.05) is 0 Å². The molecule has 12 nitrogen and oxygen atoms in total. The molecule has 2 aliphatic heterocycles. The smallest absolute Gasteiger partial charge is 0.329 e. The minimum absolute atomic E-state index is 0.190. The second-order valence-electron chi connectivity index (χ2n) is 10.8. The van der Waals surface area contributed by atoms with E-state index in [-0.39, 0.29) is 25.0 Å². The van der Waals surface area contributed by atoms with Gasteiger partial charge in [-0.3, -0.25) is 29.0 Å². The molecular formula is C30H44N2O10. The number of ether oxygens (including phenoxy) is 4. The number of hydrogen-bond acceptors (Lipinski definition) is 10. The molecule has 12 heteroatoms. The zero-order chi connectivity index (χ0) is 31.1. The van der Waals surface area contributed by atoms with Crippen molar-refractivity contribution in [1.82, 2.24) is 9.80 Å². The first-order valence-corrected chi connectivity index (χ1v) is 14.7. The minimum Gasteiger partial charge on any atom is -0.464 e. The van der Waals surface area contributed by atoms with Crippen molar-refractivity contribution >= 4 is 35.6 Å². The second-order valence-corrected chi connectivity index (χ2v) is 10.8. The van der Waals surface area contributed by atoms with Crippen LogP contribution in [0.1, 0.15) is 66.2 Å². The summed E-state index contributed by atoms with van der Waals surface area (Å²) in [6, 6.07) is -1.87. The third kappa shape index (κ3) is 10.8. The maximum Gasteiger partial charge on any atom is 0.329 e. The topological polar surface area (TPSA) is 146 Å². The quantitative estimate of drug-likeness (QED) is 0.111. The molecule has 0 spiro atoms. The number of carbonyl (C=O) groups excluding carboxylic acids is 6. The van der Waals surface area contributed by atoms with Crippen molar-refractivity contribution in [3.8, 4) is 0 Å². The van der Waals surface area contributed by atoms with Crippen molar-refractivity contribution in [2.24, 2.45) is 11.8 Å². The number of amides is 4. The van der Waals surface area contributed by atoms with Crippen molar-refractivity contribution in [2.45, 2.75) is 78.3 Å². The van der Waals surface area contributed by atoms with E-state index in [9.17, 15) is 28.8 Å². The fourth-order valence-electron chi connectivity index (χ4n) is 4.46. The monoisotopic (exact) mass is 592 g/mol. The van der Waals surface area contributed by atoms with Crippen LogP contribution in [0.5, 0.6) is 0 Å². The summed E-state index contributed by atoms with van der Waals surface area (Å²) in [7, 11) is 0. The van der Waals surface area contributed by atoms with E-state index in [1.165, 1.54) is 0 Å². The van der Waals surface area contributed by atoms with E-state index in [0.29, 0.717) is 52.1 Å². The summed E-state index contributed by atoms with van der Waals surface area (Å²) in [5.74, 6) is -3.68. The fourth-order valence-corrected chi connectivity index (χ4v) is 4.46. The molecule has 0 bridgehead atoms. The standard InChI is InChI=1S/C30H44N2O10/c1-21(2)27(31-23(33)11-12-24(31)34)29(37)41-19-9-7-17-39-15-5-6-16-40-18-8-10-20-42-30(38)28(22(3)4)32-25(35)13-14-26(32)36/h11-14,21-22,27-28H,5-10,15-20H2,1-4H3. The highest BCUT2D eigenvalue weighted by Crippen LogP contribution is 2.19. The lowest BCUT2D eigenvalue weighted by Gasteiger charge is -2.27. The molecule has 0 saturated heterocycles. The van der Waals surface area contributed by atoms with Crippen molar-refractivity contribution in [2.75, 3.05) is 39.6 Å². The van der Waals surface area contributed by atoms with Crippen LogP contribution < -0.4 is 0 Å². The number of hydrogen-bond donors (Lipinski definition) is 0. The summed E-state index contributed by atoms with van der Waals surface area (Å²) < 4.78 is 21.8. The average molecular weight is 593 g/mol. The Labute approximate surface area is 247 Å². The van der Waals surface area contributed by atoms with Gasteiger partial charge in [0.05, 0.1) is 13.2 Å². The van der Waals surface area contributed by atoms with Crippen LogP contribution in [-0.2, 0) is 47.7 Å². The zero-order valence-electron chi connectivity index (χ0n) is 25.1. The molecule has 0 aromatic rings. The summed E-state index contributed by atoms with van der Waals surface area (Å²) in [5.41, 5.74) is 0. The van der Waals surface area contributed by atoms with Gasteiger partial charge in [-0.15, -0.1) is 0 Å². The second kappa shape index (κ2) is 18.2. The summed E-state index contributed by atoms with van der Waals surface area (Å²) in [6.45, 7) is 9.68. The first-order valence-electron chi connectivity index (χ1n) is 14.7. The predicted octanol–water partition coefficient (Wildman–Crippen LogP) is 2.35. The maximum atomic E-state index is 12.5. The largest absolute Gasteiger partial charge is 0.464 e. The van der Waals surface area contributed by atoms with Crippen LogP contribution in [0.3, 0.4) is 0 Å². The number of unbranched alkanes of at least 4 members (excludes halogenated alkanes) is 3. The first kappa shape index (κ1) is 34.8. The molecule has 42 heavy (non-hydrogen) atoms. The molecule has 4 amide bonds. The highest BCUT2D eigenvalue weighted by Gasteiger charge is 2.39. The molecule has 0 saturated carbocycles. The molecule has 2 unspecified atom stereocenters. The minimum atomic E-state index is -0.933. The molecule has 2 heterocycles. The van der Waals surface area contributed by atoms with Crippen LogP contribution in [0.25, 0.3) is 0 Å². The van der Waals surface area contributed by atoms with Crippen molar-refractivity contribution in [3.05, 3.63) is 24.3 Å². The van der Waals surface area contributed by atoms with Gasteiger partial charge >= 0.3 is 11.9 Å². The van der Waals surface area contributed by atoms with Gasteiger partial charge in [0.1, 0.15) is 12.1 Å². The van der Waals surface area contributed by atoms with Crippen molar-refractivity contribution in [1.29, 1.82) is 0 Å². The van der Waals surface area contributed by atoms with Crippen LogP contribution in [0, 0.1) is 11.8 Å². The lowest BCUT2D eigenvalue weighted by molar-refractivity contribution is -0.159. The number of esters is 2. The first-order chi connectivity index (χ1) is 20.1. The number of imide groups is 2. The lowest BCUT2D eigenvalue weighted by Crippen LogP contribution is -2.48. The zero-order valence-corrected chi connectivity index (χ0v) is 25.1. The van der Waals surface area contributed by atoms with Gasteiger partial charge in [-0.25, -0.2) is 9.59 Å². The average Bonchev–Trinajstić information content (AvgIpc) is 3.43. The molecule has 2 aliphatic rings. The van der Waals surface area contributed by atoms with E-state index < -0.39 is 47.7 Å². The van der Waals surface area contributed by atoms with Gasteiger partial charge in [0.15, 0.2) is 0 Å². The van der Waals surface area contributed by atoms with Crippen LogP contribution in [0.15, 0.2) is 24.3 Å². The van der Waals surface area contributed by atoms with Crippen LogP contribution in [-0.4, -0.2) is 97.1 Å². The van der Waals surface area contributed by atoms with Gasteiger partial charge in [0, 0.05) is 50.7 Å². The van der Waals surface area contributed by atoms with E-state index in [4.69, 9.17) is 18.9 Å². The highest BCUT2D eigenvalue weighted by atomic mass is 16.5. The van der Waals surface area contributed by atoms with Crippen LogP contribution >= 0.6 is 0 Å². The van der Waals surface area contributed by atoms with E-state index in [0.717, 1.165) is 46.9 Å². The Morgan fingerprint density at radius 2 is 0.786 bits per heavy atom. The summed E-state index contributed by atoms with van der Waals surface area (Å²) in [4.78, 5) is 74.4. The van der Waals surface area contributed by atoms with E-state index in [1.54, 1.807) is 27.7 Å². The van der Waals surface area contributed by atoms with Crippen molar-refractivity contribution in [3.63, 3.8) is 0 Å². The number of rotatable bonds is 21. The Kier molecular flexibility index (Phi) is 15.1. The van der Waals surface area contributed by atoms with Gasteiger partial charge in [-0.05, 0) is 50.4 Å². The molecular weight excluding hydrogens is 548 g/mol. The van der Waals surface area contributed by atoms with Gasteiger partial charge in [-0.2, -0.15) is 0 Å². The molecule has 2 rings (SSSR count). The summed E-state index contributed by atoms with van der Waals surface area (Å²) >= 11 is 0. The molecule has 0 fully saturated rings. The number of carbonyl (C=O) groups is 6. The molecule has 2 atom stereocenters. The maximum absolute atomic E-state index is 12.5. The molecule has 0 aliphatic carbocycles. The molecule has 0 radical (unpaired) electrons. The predicted molar refractivity (Wildman–Crippen MR) is 150 cm³/mol. The molecule has 0 aromatic carbocycles. The highest BCUT2D eigenvalue weighted by molar-refractivity contribution is 6.15. The Morgan fingerprint density at radius 3 is 1.05 bits per heavy atom. The summed E-state index contributed by atoms with van der Waals surface area (Å²) in [5, 5.41) is 0. The molecule has 0 aromatic heterocycles. The summed E-state index contributed by atoms with van der Waals surface area (Å²) in [6.07, 6.45) is 8.96. The van der Waals surface area contributed by atoms with E-state index >= 15 is 0 Å². The SMILES string of the molecule is CC(C)C(C(=O)OCCCCOCCCCOCCCCOC(=O)C(C(C)C)N1C(=O)C=CC1=O)N1C(=O)C=CC1=O.